The highest BCUT2D eigenvalue weighted by Gasteiger charge is 2.31. The van der Waals surface area contributed by atoms with Crippen molar-refractivity contribution in [2.45, 2.75) is 26.4 Å². The summed E-state index contributed by atoms with van der Waals surface area (Å²) in [6.45, 7) is 5.60. The molecule has 2 aliphatic heterocycles. The smallest absolute Gasteiger partial charge is 0.418 e. The number of rotatable bonds is 1. The summed E-state index contributed by atoms with van der Waals surface area (Å²) in [5, 5.41) is 2.64. The van der Waals surface area contributed by atoms with Crippen molar-refractivity contribution in [2.75, 3.05) is 11.9 Å². The normalized spacial score (nSPS) is 18.4. The predicted octanol–water partition coefficient (Wildman–Crippen LogP) is 4.19. The molecule has 1 amide bonds. The Hall–Kier alpha value is -3.35. The van der Waals surface area contributed by atoms with Crippen LogP contribution in [0.4, 0.5) is 14.9 Å². The van der Waals surface area contributed by atoms with E-state index in [2.05, 4.69) is 5.32 Å². The molecule has 3 heterocycles. The maximum Gasteiger partial charge on any atom is 0.418 e. The number of allylic oxidation sites excluding steroid dienone is 1. The average Bonchev–Trinajstić information content (AvgIpc) is 3.29. The molecule has 6 nitrogen and oxygen atoms in total. The highest BCUT2D eigenvalue weighted by Crippen LogP contribution is 2.38. The maximum absolute atomic E-state index is 13.4. The van der Waals surface area contributed by atoms with Crippen molar-refractivity contribution in [3.05, 3.63) is 65.4 Å². The van der Waals surface area contributed by atoms with Crippen molar-refractivity contribution in [1.29, 1.82) is 0 Å². The molecule has 2 aliphatic rings. The van der Waals surface area contributed by atoms with E-state index < -0.39 is 17.5 Å². The Bertz CT molecular complexity index is 1060. The fourth-order valence-electron chi connectivity index (χ4n) is 3.19. The minimum absolute atomic E-state index is 0.204. The Balaban J connectivity index is 1.70. The van der Waals surface area contributed by atoms with Crippen LogP contribution < -0.4 is 5.32 Å². The average molecular weight is 382 g/mol. The second-order valence-electron chi connectivity index (χ2n) is 7.59. The van der Waals surface area contributed by atoms with E-state index in [9.17, 15) is 14.0 Å². The van der Waals surface area contributed by atoms with Crippen LogP contribution in [0.1, 0.15) is 32.0 Å². The number of aromatic nitrogens is 1. The molecule has 1 N–H and O–H groups in total. The molecule has 1 aromatic heterocycles. The molecule has 0 saturated carbocycles. The second-order valence-corrected chi connectivity index (χ2v) is 7.59. The lowest BCUT2D eigenvalue weighted by atomic mass is 10.0. The molecule has 4 rings (SSSR count). The Kier molecular flexibility index (Phi) is 4.10. The van der Waals surface area contributed by atoms with Crippen LogP contribution in [-0.4, -0.2) is 28.8 Å². The van der Waals surface area contributed by atoms with E-state index in [0.717, 1.165) is 5.57 Å². The van der Waals surface area contributed by atoms with Gasteiger partial charge in [0.1, 0.15) is 23.8 Å². The molecular weight excluding hydrogens is 363 g/mol. The number of benzene rings is 1. The van der Waals surface area contributed by atoms with Crippen LogP contribution in [0.3, 0.4) is 0 Å². The third kappa shape index (κ3) is 3.19. The summed E-state index contributed by atoms with van der Waals surface area (Å²) >= 11 is 0. The Morgan fingerprint density at radius 1 is 1.29 bits per heavy atom. The number of amides is 1. The zero-order chi connectivity index (χ0) is 20.1. The first-order valence-corrected chi connectivity index (χ1v) is 8.83. The van der Waals surface area contributed by atoms with Gasteiger partial charge >= 0.3 is 6.09 Å². The lowest BCUT2D eigenvalue weighted by Crippen LogP contribution is -2.27. The van der Waals surface area contributed by atoms with Crippen molar-refractivity contribution >= 4 is 28.8 Å². The predicted molar refractivity (Wildman–Crippen MR) is 102 cm³/mol. The van der Waals surface area contributed by atoms with E-state index in [0.29, 0.717) is 28.3 Å². The van der Waals surface area contributed by atoms with Crippen LogP contribution in [0.25, 0.3) is 11.1 Å². The lowest BCUT2D eigenvalue weighted by molar-refractivity contribution is -0.110. The fraction of sp³-hybridized carbons (Fsp3) is 0.238. The molecule has 0 bridgehead atoms. The van der Waals surface area contributed by atoms with E-state index in [1.54, 1.807) is 51.2 Å². The maximum atomic E-state index is 13.4. The number of nitrogens with zero attached hydrogens (tertiary/aromatic N) is 1. The largest absolute Gasteiger partial charge is 0.488 e. The number of carbonyl (C=O) groups excluding carboxylic acids is 2. The van der Waals surface area contributed by atoms with Crippen LogP contribution >= 0.6 is 0 Å². The van der Waals surface area contributed by atoms with Crippen molar-refractivity contribution in [3.63, 3.8) is 0 Å². The first kappa shape index (κ1) is 18.0. The van der Waals surface area contributed by atoms with E-state index in [1.807, 2.05) is 0 Å². The molecule has 0 spiro atoms. The topological polar surface area (TPSA) is 69.6 Å². The van der Waals surface area contributed by atoms with Gasteiger partial charge in [-0.05, 0) is 57.2 Å². The number of hydrogen-bond acceptors (Lipinski definition) is 4. The van der Waals surface area contributed by atoms with Crippen molar-refractivity contribution < 1.29 is 23.5 Å². The van der Waals surface area contributed by atoms with Gasteiger partial charge in [-0.25, -0.2) is 9.18 Å². The van der Waals surface area contributed by atoms with Gasteiger partial charge in [-0.3, -0.25) is 9.36 Å². The van der Waals surface area contributed by atoms with Gasteiger partial charge in [0, 0.05) is 17.3 Å². The molecule has 0 radical (unpaired) electrons. The standard InChI is InChI=1S/C21H19FN2O4/c1-21(2,3)28-20(26)24-8-4-5-16(24)12-9-17(27-11-12)18-14-7-6-13(22)10-15(14)23-19(18)25/h4-10H,11H2,1-3H3,(H,23,25). The van der Waals surface area contributed by atoms with E-state index in [1.165, 1.54) is 16.7 Å². The quantitative estimate of drug-likeness (QED) is 0.751. The van der Waals surface area contributed by atoms with Gasteiger partial charge in [-0.2, -0.15) is 0 Å². The van der Waals surface area contributed by atoms with Crippen LogP contribution in [0.2, 0.25) is 0 Å². The fourth-order valence-corrected chi connectivity index (χ4v) is 3.19. The number of hydrogen-bond donors (Lipinski definition) is 1. The SMILES string of the molecule is CC(C)(C)OC(=O)n1cccc1C1=CC(=C2C(=O)Nc3cc(F)ccc32)OC1. The van der Waals surface area contributed by atoms with Crippen molar-refractivity contribution in [1.82, 2.24) is 4.57 Å². The van der Waals surface area contributed by atoms with Gasteiger partial charge in [0.15, 0.2) is 0 Å². The van der Waals surface area contributed by atoms with Crippen LogP contribution in [0, 0.1) is 5.82 Å². The number of anilines is 1. The lowest BCUT2D eigenvalue weighted by Gasteiger charge is -2.20. The Labute approximate surface area is 161 Å². The summed E-state index contributed by atoms with van der Waals surface area (Å²) < 4.78 is 26.0. The van der Waals surface area contributed by atoms with Crippen molar-refractivity contribution in [2.24, 2.45) is 0 Å². The first-order chi connectivity index (χ1) is 13.2. The molecule has 144 valence electrons. The van der Waals surface area contributed by atoms with Crippen molar-refractivity contribution in [3.8, 4) is 0 Å². The summed E-state index contributed by atoms with van der Waals surface area (Å²) in [7, 11) is 0. The Morgan fingerprint density at radius 3 is 2.82 bits per heavy atom. The van der Waals surface area contributed by atoms with Gasteiger partial charge in [0.25, 0.3) is 5.91 Å². The summed E-state index contributed by atoms with van der Waals surface area (Å²) in [6, 6.07) is 7.64. The third-order valence-electron chi connectivity index (χ3n) is 4.33. The number of fused-ring (bicyclic) bond motifs is 1. The monoisotopic (exact) mass is 382 g/mol. The summed E-state index contributed by atoms with van der Waals surface area (Å²) in [4.78, 5) is 24.8. The number of nitrogens with one attached hydrogen (secondary N) is 1. The number of halogens is 1. The number of carbonyl (C=O) groups is 2. The molecule has 7 heteroatoms. The minimum atomic E-state index is -0.618. The van der Waals surface area contributed by atoms with E-state index in [-0.39, 0.29) is 12.5 Å². The molecular formula is C21H19FN2O4. The zero-order valence-corrected chi connectivity index (χ0v) is 15.7. The minimum Gasteiger partial charge on any atom is -0.488 e. The molecule has 2 aromatic rings. The second kappa shape index (κ2) is 6.37. The molecule has 0 saturated heterocycles. The summed E-state index contributed by atoms with van der Waals surface area (Å²) in [5.74, 6) is -0.394. The first-order valence-electron chi connectivity index (χ1n) is 8.83. The number of ether oxygens (including phenoxy) is 2. The van der Waals surface area contributed by atoms with Crippen LogP contribution in [0.5, 0.6) is 0 Å². The summed E-state index contributed by atoms with van der Waals surface area (Å²) in [5.41, 5.74) is 2.09. The molecule has 0 aliphatic carbocycles. The van der Waals surface area contributed by atoms with Gasteiger partial charge < -0.3 is 14.8 Å². The van der Waals surface area contributed by atoms with Crippen LogP contribution in [0.15, 0.2) is 48.4 Å². The molecule has 0 unspecified atom stereocenters. The molecule has 0 fully saturated rings. The molecule has 28 heavy (non-hydrogen) atoms. The summed E-state index contributed by atoms with van der Waals surface area (Å²) in [6.07, 6.45) is 2.85. The molecule has 0 atom stereocenters. The zero-order valence-electron chi connectivity index (χ0n) is 15.7. The van der Waals surface area contributed by atoms with E-state index >= 15 is 0 Å². The molecule has 1 aromatic carbocycles. The van der Waals surface area contributed by atoms with Gasteiger partial charge in [-0.1, -0.05) is 0 Å². The van der Waals surface area contributed by atoms with E-state index in [4.69, 9.17) is 9.47 Å². The van der Waals surface area contributed by atoms with Gasteiger partial charge in [-0.15, -0.1) is 0 Å². The third-order valence-corrected chi connectivity index (χ3v) is 4.33. The van der Waals surface area contributed by atoms with Gasteiger partial charge in [0.05, 0.1) is 17.0 Å². The Morgan fingerprint density at radius 2 is 2.07 bits per heavy atom. The van der Waals surface area contributed by atoms with Crippen LogP contribution in [-0.2, 0) is 14.3 Å². The van der Waals surface area contributed by atoms with Gasteiger partial charge in [0.2, 0.25) is 0 Å². The highest BCUT2D eigenvalue weighted by molar-refractivity contribution is 6.32. The highest BCUT2D eigenvalue weighted by atomic mass is 19.1.